The minimum atomic E-state index is 0.0432. The molecule has 4 nitrogen and oxygen atoms in total. The number of aromatic amines is 2. The molecule has 0 aliphatic carbocycles. The number of hydrogen-bond donors (Lipinski definition) is 2. The summed E-state index contributed by atoms with van der Waals surface area (Å²) >= 11 is 0. The number of carbonyl (C=O) groups is 1. The number of H-pyrrole nitrogens is 2. The SMILES string of the molecule is CC(C)C(=O)NCCc1[nH]c2ccccc2[nH+]1. The highest BCUT2D eigenvalue weighted by Gasteiger charge is 2.10. The van der Waals surface area contributed by atoms with Gasteiger partial charge in [-0.05, 0) is 12.1 Å². The first-order valence-electron chi connectivity index (χ1n) is 5.93. The largest absolute Gasteiger partial charge is 0.355 e. The quantitative estimate of drug-likeness (QED) is 0.820. The molecule has 17 heavy (non-hydrogen) atoms. The van der Waals surface area contributed by atoms with Crippen LogP contribution in [0.1, 0.15) is 19.7 Å². The molecule has 0 unspecified atom stereocenters. The van der Waals surface area contributed by atoms with Gasteiger partial charge < -0.3 is 5.32 Å². The van der Waals surface area contributed by atoms with Crippen LogP contribution in [0.4, 0.5) is 0 Å². The lowest BCUT2D eigenvalue weighted by Crippen LogP contribution is -2.30. The Kier molecular flexibility index (Phi) is 3.42. The lowest BCUT2D eigenvalue weighted by Gasteiger charge is -2.04. The fourth-order valence-corrected chi connectivity index (χ4v) is 1.70. The Labute approximate surface area is 100 Å². The zero-order valence-corrected chi connectivity index (χ0v) is 10.2. The summed E-state index contributed by atoms with van der Waals surface area (Å²) in [5, 5.41) is 2.90. The predicted octanol–water partition coefficient (Wildman–Crippen LogP) is 1.30. The van der Waals surface area contributed by atoms with Crippen molar-refractivity contribution in [2.45, 2.75) is 20.3 Å². The predicted molar refractivity (Wildman–Crippen MR) is 66.4 cm³/mol. The highest BCUT2D eigenvalue weighted by Crippen LogP contribution is 2.05. The van der Waals surface area contributed by atoms with Crippen molar-refractivity contribution in [3.63, 3.8) is 0 Å². The summed E-state index contributed by atoms with van der Waals surface area (Å²) in [4.78, 5) is 18.0. The van der Waals surface area contributed by atoms with Crippen LogP contribution in [0.2, 0.25) is 0 Å². The van der Waals surface area contributed by atoms with E-state index in [2.05, 4.69) is 15.3 Å². The molecule has 1 amide bonds. The van der Waals surface area contributed by atoms with Crippen molar-refractivity contribution >= 4 is 16.9 Å². The summed E-state index contributed by atoms with van der Waals surface area (Å²) in [6.07, 6.45) is 0.785. The molecule has 0 saturated heterocycles. The maximum Gasteiger partial charge on any atom is 0.254 e. The van der Waals surface area contributed by atoms with Gasteiger partial charge in [-0.3, -0.25) is 4.79 Å². The highest BCUT2D eigenvalue weighted by atomic mass is 16.1. The van der Waals surface area contributed by atoms with Crippen molar-refractivity contribution in [3.05, 3.63) is 30.1 Å². The van der Waals surface area contributed by atoms with E-state index in [9.17, 15) is 4.79 Å². The van der Waals surface area contributed by atoms with Gasteiger partial charge in [0.2, 0.25) is 5.91 Å². The van der Waals surface area contributed by atoms with E-state index in [0.29, 0.717) is 6.54 Å². The lowest BCUT2D eigenvalue weighted by molar-refractivity contribution is -0.357. The van der Waals surface area contributed by atoms with E-state index < -0.39 is 0 Å². The normalized spacial score (nSPS) is 11.0. The van der Waals surface area contributed by atoms with Crippen molar-refractivity contribution in [1.82, 2.24) is 10.3 Å². The number of amides is 1. The first-order chi connectivity index (χ1) is 8.16. The van der Waals surface area contributed by atoms with Crippen LogP contribution in [0.15, 0.2) is 24.3 Å². The molecule has 0 spiro atoms. The standard InChI is InChI=1S/C13H17N3O/c1-9(2)13(17)14-8-7-12-15-10-5-3-4-6-11(10)16-12/h3-6,9H,7-8H2,1-2H3,(H,14,17)(H,15,16)/p+1. The second-order valence-electron chi connectivity index (χ2n) is 4.47. The molecule has 0 radical (unpaired) electrons. The maximum atomic E-state index is 11.4. The van der Waals surface area contributed by atoms with Crippen LogP contribution in [0.5, 0.6) is 0 Å². The zero-order valence-electron chi connectivity index (χ0n) is 10.2. The topological polar surface area (TPSA) is 59.0 Å². The fourth-order valence-electron chi connectivity index (χ4n) is 1.70. The lowest BCUT2D eigenvalue weighted by atomic mass is 10.2. The molecule has 1 aromatic carbocycles. The average Bonchev–Trinajstić information content (AvgIpc) is 2.71. The number of aromatic nitrogens is 2. The van der Waals surface area contributed by atoms with E-state index in [1.165, 1.54) is 0 Å². The number of para-hydroxylation sites is 2. The minimum absolute atomic E-state index is 0.0432. The van der Waals surface area contributed by atoms with Gasteiger partial charge in [0.25, 0.3) is 5.82 Å². The van der Waals surface area contributed by atoms with Gasteiger partial charge >= 0.3 is 0 Å². The Morgan fingerprint density at radius 1 is 1.41 bits per heavy atom. The van der Waals surface area contributed by atoms with Crippen LogP contribution >= 0.6 is 0 Å². The van der Waals surface area contributed by atoms with Crippen molar-refractivity contribution in [2.75, 3.05) is 6.54 Å². The molecular weight excluding hydrogens is 214 g/mol. The second kappa shape index (κ2) is 4.99. The van der Waals surface area contributed by atoms with E-state index in [0.717, 1.165) is 23.3 Å². The maximum absolute atomic E-state index is 11.4. The summed E-state index contributed by atoms with van der Waals surface area (Å²) in [5.74, 6) is 1.18. The Morgan fingerprint density at radius 3 is 2.88 bits per heavy atom. The number of carbonyl (C=O) groups excluding carboxylic acids is 1. The van der Waals surface area contributed by atoms with Gasteiger partial charge in [-0.2, -0.15) is 0 Å². The molecule has 0 fully saturated rings. The first kappa shape index (κ1) is 11.6. The van der Waals surface area contributed by atoms with E-state index in [-0.39, 0.29) is 11.8 Å². The molecule has 0 atom stereocenters. The molecule has 1 aromatic heterocycles. The zero-order chi connectivity index (χ0) is 12.3. The smallest absolute Gasteiger partial charge is 0.254 e. The van der Waals surface area contributed by atoms with Crippen molar-refractivity contribution in [2.24, 2.45) is 5.92 Å². The molecule has 2 rings (SSSR count). The van der Waals surface area contributed by atoms with Crippen molar-refractivity contribution < 1.29 is 9.78 Å². The molecule has 0 aliphatic heterocycles. The molecule has 0 saturated carbocycles. The molecule has 3 N–H and O–H groups in total. The molecule has 2 aromatic rings. The summed E-state index contributed by atoms with van der Waals surface area (Å²) in [5.41, 5.74) is 2.19. The Hall–Kier alpha value is -1.84. The van der Waals surface area contributed by atoms with Gasteiger partial charge in [0, 0.05) is 12.5 Å². The molecule has 90 valence electrons. The summed E-state index contributed by atoms with van der Waals surface area (Å²) in [6, 6.07) is 8.05. The first-order valence-corrected chi connectivity index (χ1v) is 5.93. The summed E-state index contributed by atoms with van der Waals surface area (Å²) < 4.78 is 0. The highest BCUT2D eigenvalue weighted by molar-refractivity contribution is 5.77. The monoisotopic (exact) mass is 232 g/mol. The van der Waals surface area contributed by atoms with E-state index in [1.807, 2.05) is 38.1 Å². The third-order valence-corrected chi connectivity index (χ3v) is 2.70. The van der Waals surface area contributed by atoms with Gasteiger partial charge in [-0.15, -0.1) is 0 Å². The number of benzene rings is 1. The van der Waals surface area contributed by atoms with Gasteiger partial charge in [0.05, 0.1) is 6.42 Å². The number of rotatable bonds is 4. The van der Waals surface area contributed by atoms with E-state index in [1.54, 1.807) is 0 Å². The number of imidazole rings is 1. The van der Waals surface area contributed by atoms with Crippen LogP contribution in [-0.2, 0) is 11.2 Å². The van der Waals surface area contributed by atoms with Crippen LogP contribution < -0.4 is 10.3 Å². The summed E-state index contributed by atoms with van der Waals surface area (Å²) in [7, 11) is 0. The van der Waals surface area contributed by atoms with E-state index >= 15 is 0 Å². The van der Waals surface area contributed by atoms with E-state index in [4.69, 9.17) is 0 Å². The van der Waals surface area contributed by atoms with Gasteiger partial charge in [0.1, 0.15) is 0 Å². The van der Waals surface area contributed by atoms with Gasteiger partial charge in [-0.1, -0.05) is 26.0 Å². The van der Waals surface area contributed by atoms with Crippen molar-refractivity contribution in [1.29, 1.82) is 0 Å². The number of fused-ring (bicyclic) bond motifs is 1. The Morgan fingerprint density at radius 2 is 2.18 bits per heavy atom. The molecule has 4 heteroatoms. The molecule has 1 heterocycles. The molecule has 0 aliphatic rings. The minimum Gasteiger partial charge on any atom is -0.355 e. The van der Waals surface area contributed by atoms with Crippen LogP contribution in [0.3, 0.4) is 0 Å². The average molecular weight is 232 g/mol. The van der Waals surface area contributed by atoms with Crippen LogP contribution in [-0.4, -0.2) is 17.4 Å². The molecular formula is C13H18N3O+. The third kappa shape index (κ3) is 2.84. The van der Waals surface area contributed by atoms with Crippen LogP contribution in [0.25, 0.3) is 11.0 Å². The fraction of sp³-hybridized carbons (Fsp3) is 0.385. The molecule has 0 bridgehead atoms. The van der Waals surface area contributed by atoms with Crippen molar-refractivity contribution in [3.8, 4) is 0 Å². The number of hydrogen-bond acceptors (Lipinski definition) is 1. The Bertz CT molecular complexity index is 483. The number of nitrogens with one attached hydrogen (secondary N) is 3. The second-order valence-corrected chi connectivity index (χ2v) is 4.47. The summed E-state index contributed by atoms with van der Waals surface area (Å²) in [6.45, 7) is 4.44. The van der Waals surface area contributed by atoms with Gasteiger partial charge in [-0.25, -0.2) is 9.97 Å². The Balaban J connectivity index is 1.93. The van der Waals surface area contributed by atoms with Crippen LogP contribution in [0, 0.1) is 5.92 Å². The van der Waals surface area contributed by atoms with Gasteiger partial charge in [0.15, 0.2) is 11.0 Å². The third-order valence-electron chi connectivity index (χ3n) is 2.70.